The van der Waals surface area contributed by atoms with Gasteiger partial charge in [-0.25, -0.2) is 8.42 Å². The number of nitrogens with zero attached hydrogens (tertiary/aromatic N) is 2. The van der Waals surface area contributed by atoms with Gasteiger partial charge in [-0.05, 0) is 80.3 Å². The van der Waals surface area contributed by atoms with Crippen molar-refractivity contribution < 1.29 is 27.5 Å². The van der Waals surface area contributed by atoms with E-state index in [1.165, 1.54) is 37.3 Å². The summed E-state index contributed by atoms with van der Waals surface area (Å²) in [6, 6.07) is 13.6. The van der Waals surface area contributed by atoms with Crippen molar-refractivity contribution in [3.05, 3.63) is 81.3 Å². The van der Waals surface area contributed by atoms with Crippen molar-refractivity contribution >= 4 is 50.7 Å². The minimum Gasteiger partial charge on any atom is -0.493 e. The predicted molar refractivity (Wildman–Crippen MR) is 170 cm³/mol. The van der Waals surface area contributed by atoms with Crippen LogP contribution in [-0.2, 0) is 26.2 Å². The van der Waals surface area contributed by atoms with Crippen LogP contribution >= 0.6 is 23.2 Å². The number of anilines is 1. The highest BCUT2D eigenvalue weighted by Crippen LogP contribution is 2.33. The van der Waals surface area contributed by atoms with Gasteiger partial charge in [-0.1, -0.05) is 42.3 Å². The van der Waals surface area contributed by atoms with Crippen LogP contribution in [0.4, 0.5) is 5.69 Å². The molecule has 3 aromatic rings. The molecule has 232 valence electrons. The van der Waals surface area contributed by atoms with Crippen molar-refractivity contribution in [2.24, 2.45) is 0 Å². The van der Waals surface area contributed by atoms with Crippen LogP contribution in [0.1, 0.15) is 37.0 Å². The second-order valence-electron chi connectivity index (χ2n) is 9.96. The number of halogens is 2. The van der Waals surface area contributed by atoms with E-state index >= 15 is 0 Å². The highest BCUT2D eigenvalue weighted by Gasteiger charge is 2.34. The third-order valence-corrected chi connectivity index (χ3v) is 9.30. The van der Waals surface area contributed by atoms with E-state index in [0.717, 1.165) is 15.4 Å². The number of likely N-dealkylation sites (N-methyl/N-ethyl adjacent to an activating group) is 1. The Kier molecular flexibility index (Phi) is 11.7. The van der Waals surface area contributed by atoms with Gasteiger partial charge in [0, 0.05) is 19.2 Å². The van der Waals surface area contributed by atoms with Gasteiger partial charge in [0.25, 0.3) is 10.0 Å². The van der Waals surface area contributed by atoms with E-state index in [2.05, 4.69) is 5.32 Å². The summed E-state index contributed by atoms with van der Waals surface area (Å²) in [5.41, 5.74) is 2.57. The first-order valence-corrected chi connectivity index (χ1v) is 15.9. The Hall–Kier alpha value is -3.47. The van der Waals surface area contributed by atoms with Crippen LogP contribution in [0.3, 0.4) is 0 Å². The maximum absolute atomic E-state index is 14.2. The van der Waals surface area contributed by atoms with E-state index in [-0.39, 0.29) is 23.1 Å². The second kappa shape index (κ2) is 14.8. The Morgan fingerprint density at radius 2 is 1.53 bits per heavy atom. The molecule has 9 nitrogen and oxygen atoms in total. The molecule has 1 N–H and O–H groups in total. The summed E-state index contributed by atoms with van der Waals surface area (Å²) >= 11 is 12.4. The number of nitrogens with one attached hydrogen (secondary N) is 1. The first kappa shape index (κ1) is 34.0. The Bertz CT molecular complexity index is 1560. The highest BCUT2D eigenvalue weighted by atomic mass is 35.5. The summed E-state index contributed by atoms with van der Waals surface area (Å²) in [5.74, 6) is -0.346. The lowest BCUT2D eigenvalue weighted by molar-refractivity contribution is -0.140. The van der Waals surface area contributed by atoms with Crippen molar-refractivity contribution in [1.29, 1.82) is 0 Å². The molecule has 0 radical (unpaired) electrons. The van der Waals surface area contributed by atoms with Crippen molar-refractivity contribution in [2.45, 2.75) is 51.6 Å². The average molecular weight is 651 g/mol. The van der Waals surface area contributed by atoms with Gasteiger partial charge in [0.2, 0.25) is 11.8 Å². The summed E-state index contributed by atoms with van der Waals surface area (Å²) in [4.78, 5) is 28.6. The summed E-state index contributed by atoms with van der Waals surface area (Å²) in [6.07, 6.45) is 0.297. The fourth-order valence-corrected chi connectivity index (χ4v) is 6.51. The fourth-order valence-electron chi connectivity index (χ4n) is 4.77. The molecule has 0 spiro atoms. The highest BCUT2D eigenvalue weighted by molar-refractivity contribution is 7.92. The van der Waals surface area contributed by atoms with Gasteiger partial charge in [-0.15, -0.1) is 0 Å². The van der Waals surface area contributed by atoms with Crippen LogP contribution in [0.5, 0.6) is 11.5 Å². The van der Waals surface area contributed by atoms with Crippen LogP contribution in [0.15, 0.2) is 59.5 Å². The smallest absolute Gasteiger partial charge is 0.264 e. The number of carbonyl (C=O) groups is 2. The SMILES string of the molecule is CCNC(=O)[C@H](CC)N(Cc1ccc(Cl)c(Cl)c1)C(=O)CN(c1cc(C)cc(C)c1)S(=O)(=O)c1ccc(OC)c(OC)c1. The van der Waals surface area contributed by atoms with E-state index in [4.69, 9.17) is 32.7 Å². The number of methoxy groups -OCH3 is 2. The van der Waals surface area contributed by atoms with E-state index in [9.17, 15) is 18.0 Å². The van der Waals surface area contributed by atoms with Gasteiger partial charge in [0.15, 0.2) is 11.5 Å². The molecule has 0 bridgehead atoms. The number of ether oxygens (including phenoxy) is 2. The Morgan fingerprint density at radius 3 is 2.09 bits per heavy atom. The zero-order valence-electron chi connectivity index (χ0n) is 25.1. The van der Waals surface area contributed by atoms with Gasteiger partial charge in [-0.3, -0.25) is 13.9 Å². The molecule has 0 aliphatic heterocycles. The molecule has 1 atom stereocenters. The summed E-state index contributed by atoms with van der Waals surface area (Å²) in [5, 5.41) is 3.43. The number of carbonyl (C=O) groups excluding carboxylic acids is 2. The van der Waals surface area contributed by atoms with Gasteiger partial charge in [0.1, 0.15) is 12.6 Å². The molecule has 0 aliphatic carbocycles. The minimum atomic E-state index is -4.31. The van der Waals surface area contributed by atoms with Gasteiger partial charge < -0.3 is 19.7 Å². The molecule has 0 aromatic heterocycles. The van der Waals surface area contributed by atoms with E-state index in [1.54, 1.807) is 44.2 Å². The molecule has 12 heteroatoms. The molecule has 0 saturated carbocycles. The van der Waals surface area contributed by atoms with Crippen LogP contribution < -0.4 is 19.1 Å². The molecule has 3 rings (SSSR count). The normalized spacial score (nSPS) is 11.9. The molecular formula is C31H37Cl2N3O6S. The molecule has 3 aromatic carbocycles. The molecule has 43 heavy (non-hydrogen) atoms. The number of aryl methyl sites for hydroxylation is 2. The number of benzene rings is 3. The van der Waals surface area contributed by atoms with Crippen LogP contribution in [0.2, 0.25) is 10.0 Å². The number of rotatable bonds is 13. The largest absolute Gasteiger partial charge is 0.493 e. The topological polar surface area (TPSA) is 105 Å². The average Bonchev–Trinajstić information content (AvgIpc) is 2.96. The van der Waals surface area contributed by atoms with E-state index in [1.807, 2.05) is 19.9 Å². The van der Waals surface area contributed by atoms with Crippen LogP contribution in [0.25, 0.3) is 0 Å². The molecule has 0 fully saturated rings. The number of hydrogen-bond donors (Lipinski definition) is 1. The molecule has 0 heterocycles. The number of sulfonamides is 1. The third-order valence-electron chi connectivity index (χ3n) is 6.79. The minimum absolute atomic E-state index is 0.00244. The van der Waals surface area contributed by atoms with Gasteiger partial charge in [0.05, 0.1) is 34.8 Å². The second-order valence-corrected chi connectivity index (χ2v) is 12.6. The van der Waals surface area contributed by atoms with Crippen molar-refractivity contribution in [3.63, 3.8) is 0 Å². The van der Waals surface area contributed by atoms with Crippen molar-refractivity contribution in [3.8, 4) is 11.5 Å². The monoisotopic (exact) mass is 649 g/mol. The first-order valence-electron chi connectivity index (χ1n) is 13.7. The zero-order valence-corrected chi connectivity index (χ0v) is 27.4. The standard InChI is InChI=1S/C31H37Cl2N3O6S/c1-7-27(31(38)34-8-2)35(18-22-9-11-25(32)26(33)16-22)30(37)19-36(23-14-20(3)13-21(4)15-23)43(39,40)24-10-12-28(41-5)29(17-24)42-6/h9-17,27H,7-8,18-19H2,1-6H3,(H,34,38)/t27-/m0/s1. The third kappa shape index (κ3) is 8.13. The lowest BCUT2D eigenvalue weighted by Crippen LogP contribution is -2.52. The molecular weight excluding hydrogens is 613 g/mol. The maximum Gasteiger partial charge on any atom is 0.264 e. The summed E-state index contributed by atoms with van der Waals surface area (Å²) in [6.45, 7) is 7.06. The van der Waals surface area contributed by atoms with Crippen molar-refractivity contribution in [1.82, 2.24) is 10.2 Å². The molecule has 2 amide bonds. The van der Waals surface area contributed by atoms with E-state index in [0.29, 0.717) is 40.0 Å². The number of amides is 2. The Balaban J connectivity index is 2.15. The van der Waals surface area contributed by atoms with Crippen molar-refractivity contribution in [2.75, 3.05) is 31.6 Å². The Morgan fingerprint density at radius 1 is 0.884 bits per heavy atom. The van der Waals surface area contributed by atoms with Gasteiger partial charge >= 0.3 is 0 Å². The molecule has 0 unspecified atom stereocenters. The lowest BCUT2D eigenvalue weighted by atomic mass is 10.1. The molecule has 0 saturated heterocycles. The van der Waals surface area contributed by atoms with Gasteiger partial charge in [-0.2, -0.15) is 0 Å². The fraction of sp³-hybridized carbons (Fsp3) is 0.355. The predicted octanol–water partition coefficient (Wildman–Crippen LogP) is 5.77. The van der Waals surface area contributed by atoms with Crippen LogP contribution in [0, 0.1) is 13.8 Å². The van der Waals surface area contributed by atoms with E-state index < -0.39 is 28.5 Å². The zero-order chi connectivity index (χ0) is 31.9. The Labute approximate surface area is 263 Å². The molecule has 0 aliphatic rings. The lowest BCUT2D eigenvalue weighted by Gasteiger charge is -2.33. The van der Waals surface area contributed by atoms with Crippen LogP contribution in [-0.4, -0.2) is 58.5 Å². The quantitative estimate of drug-likeness (QED) is 0.252. The maximum atomic E-state index is 14.2. The summed E-state index contributed by atoms with van der Waals surface area (Å²) in [7, 11) is -1.45. The summed E-state index contributed by atoms with van der Waals surface area (Å²) < 4.78 is 40.2. The first-order chi connectivity index (χ1) is 20.4. The number of hydrogen-bond acceptors (Lipinski definition) is 6.